The predicted octanol–water partition coefficient (Wildman–Crippen LogP) is 1.44. The van der Waals surface area contributed by atoms with Gasteiger partial charge in [0.1, 0.15) is 6.04 Å². The zero-order valence-electron chi connectivity index (χ0n) is 16.7. The van der Waals surface area contributed by atoms with Crippen molar-refractivity contribution in [1.29, 1.82) is 0 Å². The van der Waals surface area contributed by atoms with E-state index in [9.17, 15) is 0 Å². The Kier molecular flexibility index (Phi) is 6.22. The van der Waals surface area contributed by atoms with E-state index in [1.807, 2.05) is 0 Å². The molecule has 2 aliphatic rings. The average molecular weight is 392 g/mol. The van der Waals surface area contributed by atoms with E-state index < -0.39 is 0 Å². The first kappa shape index (κ1) is 19.9. The molecule has 0 bridgehead atoms. The fourth-order valence-corrected chi connectivity index (χ4v) is 4.57. The van der Waals surface area contributed by atoms with E-state index in [1.54, 1.807) is 19.1 Å². The standard InChI is InChI=1S/C20H30N4O2S/c1-12(2)7-14-11-24-6-5-13-8-18(25-3)19(26-4)9-15(13)17(24)10-16(14)22-23-20(21)27/h8-9,12,14,17H,5-7,10-11H2,1-4H3,(H3,21,23,27)/p+1/t14-,17-/m0/s1. The van der Waals surface area contributed by atoms with Crippen molar-refractivity contribution in [3.8, 4) is 11.5 Å². The highest BCUT2D eigenvalue weighted by atomic mass is 32.1. The van der Waals surface area contributed by atoms with E-state index in [0.29, 0.717) is 17.9 Å². The molecule has 27 heavy (non-hydrogen) atoms. The molecule has 4 N–H and O–H groups in total. The van der Waals surface area contributed by atoms with Crippen molar-refractivity contribution in [2.24, 2.45) is 22.7 Å². The number of methoxy groups -OCH3 is 2. The Hall–Kier alpha value is -1.86. The molecule has 148 valence electrons. The molecule has 1 fully saturated rings. The summed E-state index contributed by atoms with van der Waals surface area (Å²) in [5.74, 6) is 2.68. The molecule has 3 atom stereocenters. The lowest BCUT2D eigenvalue weighted by atomic mass is 9.79. The van der Waals surface area contributed by atoms with Gasteiger partial charge in [-0.1, -0.05) is 13.8 Å². The topological polar surface area (TPSA) is 73.3 Å². The lowest BCUT2D eigenvalue weighted by molar-refractivity contribution is -0.938. The molecule has 2 aliphatic heterocycles. The maximum Gasteiger partial charge on any atom is 0.184 e. The summed E-state index contributed by atoms with van der Waals surface area (Å²) in [5, 5.41) is 4.81. The highest BCUT2D eigenvalue weighted by molar-refractivity contribution is 7.80. The number of benzene rings is 1. The average Bonchev–Trinajstić information content (AvgIpc) is 2.64. The molecule has 7 heteroatoms. The molecule has 0 radical (unpaired) electrons. The van der Waals surface area contributed by atoms with Gasteiger partial charge in [0.2, 0.25) is 0 Å². The molecule has 0 saturated carbocycles. The summed E-state index contributed by atoms with van der Waals surface area (Å²) in [4.78, 5) is 1.63. The second-order valence-electron chi connectivity index (χ2n) is 7.93. The van der Waals surface area contributed by atoms with Crippen molar-refractivity contribution in [2.75, 3.05) is 27.3 Å². The fourth-order valence-electron chi connectivity index (χ4n) is 4.53. The summed E-state index contributed by atoms with van der Waals surface area (Å²) in [6.07, 6.45) is 3.10. The van der Waals surface area contributed by atoms with Crippen LogP contribution in [0.15, 0.2) is 17.2 Å². The molecule has 0 aromatic heterocycles. The Morgan fingerprint density at radius 1 is 1.33 bits per heavy atom. The first-order valence-electron chi connectivity index (χ1n) is 9.64. The number of hydrogen-bond donors (Lipinski definition) is 3. The molecule has 3 rings (SSSR count). The molecular formula is C20H31N4O2S+. The van der Waals surface area contributed by atoms with Gasteiger partial charge in [-0.05, 0) is 42.3 Å². The van der Waals surface area contributed by atoms with Gasteiger partial charge in [-0.15, -0.1) is 0 Å². The maximum atomic E-state index is 5.61. The van der Waals surface area contributed by atoms with Crippen LogP contribution in [-0.4, -0.2) is 38.1 Å². The van der Waals surface area contributed by atoms with Crippen LogP contribution in [0.3, 0.4) is 0 Å². The third-order valence-corrected chi connectivity index (χ3v) is 5.78. The predicted molar refractivity (Wildman–Crippen MR) is 112 cm³/mol. The number of nitrogens with one attached hydrogen (secondary N) is 2. The minimum absolute atomic E-state index is 0.219. The SMILES string of the molecule is COc1cc2c(cc1OC)[C@@H]1CC(=NNC(N)=S)[C@@H](CC(C)C)C[NH+]1CC2. The van der Waals surface area contributed by atoms with Crippen LogP contribution in [0.4, 0.5) is 0 Å². The van der Waals surface area contributed by atoms with Crippen LogP contribution >= 0.6 is 12.2 Å². The molecule has 1 aromatic carbocycles. The number of ether oxygens (including phenoxy) is 2. The van der Waals surface area contributed by atoms with Crippen LogP contribution in [-0.2, 0) is 6.42 Å². The third-order valence-electron chi connectivity index (χ3n) is 5.69. The second kappa shape index (κ2) is 8.44. The molecule has 6 nitrogen and oxygen atoms in total. The molecule has 0 spiro atoms. The van der Waals surface area contributed by atoms with Crippen LogP contribution in [0.2, 0.25) is 0 Å². The molecule has 2 heterocycles. The van der Waals surface area contributed by atoms with Crippen molar-refractivity contribution < 1.29 is 14.4 Å². The highest BCUT2D eigenvalue weighted by Gasteiger charge is 2.41. The Bertz CT molecular complexity index is 735. The van der Waals surface area contributed by atoms with E-state index in [1.165, 1.54) is 16.8 Å². The van der Waals surface area contributed by atoms with Gasteiger partial charge in [-0.25, -0.2) is 0 Å². The van der Waals surface area contributed by atoms with Crippen LogP contribution in [0.5, 0.6) is 11.5 Å². The molecule has 1 unspecified atom stereocenters. The number of nitrogens with zero attached hydrogens (tertiary/aromatic N) is 1. The third kappa shape index (κ3) is 4.35. The van der Waals surface area contributed by atoms with Crippen LogP contribution in [0, 0.1) is 11.8 Å². The Labute approximate surface area is 167 Å². The number of quaternary nitrogens is 1. The summed E-state index contributed by atoms with van der Waals surface area (Å²) in [7, 11) is 3.38. The smallest absolute Gasteiger partial charge is 0.184 e. The van der Waals surface area contributed by atoms with Crippen molar-refractivity contribution in [1.82, 2.24) is 5.43 Å². The quantitative estimate of drug-likeness (QED) is 0.523. The van der Waals surface area contributed by atoms with E-state index >= 15 is 0 Å². The number of piperidine rings is 1. The Morgan fingerprint density at radius 3 is 2.67 bits per heavy atom. The van der Waals surface area contributed by atoms with Crippen LogP contribution in [0.25, 0.3) is 0 Å². The summed E-state index contributed by atoms with van der Waals surface area (Å²) >= 11 is 4.95. The van der Waals surface area contributed by atoms with E-state index in [-0.39, 0.29) is 5.11 Å². The largest absolute Gasteiger partial charge is 0.493 e. The number of rotatable bonds is 5. The molecule has 0 amide bonds. The summed E-state index contributed by atoms with van der Waals surface area (Å²) in [6.45, 7) is 6.76. The van der Waals surface area contributed by atoms with Crippen molar-refractivity contribution in [3.63, 3.8) is 0 Å². The fraction of sp³-hybridized carbons (Fsp3) is 0.600. The van der Waals surface area contributed by atoms with E-state index in [2.05, 4.69) is 36.5 Å². The number of nitrogens with two attached hydrogens (primary N) is 1. The Balaban J connectivity index is 1.93. The lowest BCUT2D eigenvalue weighted by Crippen LogP contribution is -3.15. The highest BCUT2D eigenvalue weighted by Crippen LogP contribution is 2.36. The first-order valence-corrected chi connectivity index (χ1v) is 10.0. The molecule has 1 aromatic rings. The van der Waals surface area contributed by atoms with Gasteiger partial charge < -0.3 is 20.1 Å². The maximum absolute atomic E-state index is 5.61. The first-order chi connectivity index (χ1) is 12.9. The summed E-state index contributed by atoms with van der Waals surface area (Å²) in [6, 6.07) is 4.66. The molecule has 1 saturated heterocycles. The van der Waals surface area contributed by atoms with Crippen molar-refractivity contribution >= 4 is 23.0 Å². The van der Waals surface area contributed by atoms with Gasteiger partial charge >= 0.3 is 0 Å². The monoisotopic (exact) mass is 391 g/mol. The second-order valence-corrected chi connectivity index (χ2v) is 8.37. The van der Waals surface area contributed by atoms with E-state index in [4.69, 9.17) is 27.4 Å². The van der Waals surface area contributed by atoms with Crippen LogP contribution < -0.4 is 25.5 Å². The number of fused-ring (bicyclic) bond motifs is 3. The van der Waals surface area contributed by atoms with Crippen molar-refractivity contribution in [2.45, 2.75) is 39.2 Å². The minimum Gasteiger partial charge on any atom is -0.493 e. The lowest BCUT2D eigenvalue weighted by Gasteiger charge is -2.41. The van der Waals surface area contributed by atoms with Gasteiger partial charge in [0, 0.05) is 24.3 Å². The van der Waals surface area contributed by atoms with Gasteiger partial charge in [-0.2, -0.15) is 5.10 Å². The summed E-state index contributed by atoms with van der Waals surface area (Å²) < 4.78 is 11.0. The van der Waals surface area contributed by atoms with Crippen molar-refractivity contribution in [3.05, 3.63) is 23.3 Å². The van der Waals surface area contributed by atoms with Crippen LogP contribution in [0.1, 0.15) is 43.9 Å². The zero-order chi connectivity index (χ0) is 19.6. The Morgan fingerprint density at radius 2 is 2.04 bits per heavy atom. The van der Waals surface area contributed by atoms with Gasteiger partial charge in [0.15, 0.2) is 16.6 Å². The molecular weight excluding hydrogens is 360 g/mol. The number of hydrazone groups is 1. The van der Waals surface area contributed by atoms with Gasteiger partial charge in [0.25, 0.3) is 0 Å². The van der Waals surface area contributed by atoms with E-state index in [0.717, 1.165) is 43.9 Å². The summed E-state index contributed by atoms with van der Waals surface area (Å²) in [5.41, 5.74) is 12.3. The minimum atomic E-state index is 0.219. The normalized spacial score (nSPS) is 25.7. The number of hydrogen-bond acceptors (Lipinski definition) is 4. The number of thiocarbonyl (C=S) groups is 1. The zero-order valence-corrected chi connectivity index (χ0v) is 17.5. The van der Waals surface area contributed by atoms with Gasteiger partial charge in [0.05, 0.1) is 33.0 Å². The molecule has 0 aliphatic carbocycles. The van der Waals surface area contributed by atoms with Gasteiger partial charge in [-0.3, -0.25) is 5.43 Å².